The van der Waals surface area contributed by atoms with Crippen LogP contribution in [0.2, 0.25) is 0 Å². The summed E-state index contributed by atoms with van der Waals surface area (Å²) in [6.07, 6.45) is 2.01. The minimum Gasteiger partial charge on any atom is -0.497 e. The third-order valence-electron chi connectivity index (χ3n) is 4.86. The molecule has 1 aromatic heterocycles. The molecule has 0 saturated heterocycles. The molecular formula is C23H21NO3. The number of carbonyl (C=O) groups is 1. The van der Waals surface area contributed by atoms with Crippen LogP contribution in [0, 0.1) is 0 Å². The lowest BCUT2D eigenvalue weighted by Crippen LogP contribution is -2.27. The third kappa shape index (κ3) is 3.38. The van der Waals surface area contributed by atoms with Gasteiger partial charge in [0.25, 0.3) is 0 Å². The first kappa shape index (κ1) is 17.2. The van der Waals surface area contributed by atoms with Crippen LogP contribution in [0.1, 0.15) is 11.1 Å². The van der Waals surface area contributed by atoms with E-state index in [1.807, 2.05) is 55.6 Å². The number of furan rings is 1. The number of methoxy groups -OCH3 is 1. The van der Waals surface area contributed by atoms with Crippen LogP contribution in [0.3, 0.4) is 0 Å². The standard InChI is InChI=1S/C23H21NO3/c1-24(14-16-6-5-8-19(12-16)26-2)22(25)13-18-15-27-21-11-10-17-7-3-4-9-20(17)23(18)21/h3-12,15H,13-14H2,1-2H3. The zero-order valence-corrected chi connectivity index (χ0v) is 15.4. The quantitative estimate of drug-likeness (QED) is 0.514. The lowest BCUT2D eigenvalue weighted by atomic mass is 10.0. The second-order valence-electron chi connectivity index (χ2n) is 6.70. The van der Waals surface area contributed by atoms with E-state index in [1.165, 1.54) is 0 Å². The van der Waals surface area contributed by atoms with Crippen molar-refractivity contribution in [1.29, 1.82) is 0 Å². The highest BCUT2D eigenvalue weighted by atomic mass is 16.5. The van der Waals surface area contributed by atoms with E-state index in [2.05, 4.69) is 12.1 Å². The Hall–Kier alpha value is -3.27. The number of likely N-dealkylation sites (N-methyl/N-ethyl adjacent to an activating group) is 1. The molecule has 0 fully saturated rings. The van der Waals surface area contributed by atoms with Crippen molar-refractivity contribution >= 4 is 27.6 Å². The van der Waals surface area contributed by atoms with Gasteiger partial charge in [-0.1, -0.05) is 42.5 Å². The van der Waals surface area contributed by atoms with Crippen LogP contribution in [0.4, 0.5) is 0 Å². The number of rotatable bonds is 5. The molecule has 1 amide bonds. The molecule has 0 atom stereocenters. The van der Waals surface area contributed by atoms with Crippen molar-refractivity contribution in [2.75, 3.05) is 14.2 Å². The smallest absolute Gasteiger partial charge is 0.227 e. The first-order valence-electron chi connectivity index (χ1n) is 8.90. The van der Waals surface area contributed by atoms with E-state index in [4.69, 9.17) is 9.15 Å². The van der Waals surface area contributed by atoms with Gasteiger partial charge in [-0.15, -0.1) is 0 Å². The summed E-state index contributed by atoms with van der Waals surface area (Å²) in [6.45, 7) is 0.534. The summed E-state index contributed by atoms with van der Waals surface area (Å²) in [7, 11) is 3.46. The van der Waals surface area contributed by atoms with Gasteiger partial charge in [-0.2, -0.15) is 0 Å². The number of nitrogens with zero attached hydrogens (tertiary/aromatic N) is 1. The molecule has 0 aliphatic carbocycles. The zero-order valence-electron chi connectivity index (χ0n) is 15.4. The van der Waals surface area contributed by atoms with Gasteiger partial charge in [0.15, 0.2) is 0 Å². The second kappa shape index (κ2) is 7.16. The molecule has 1 heterocycles. The summed E-state index contributed by atoms with van der Waals surface area (Å²) in [4.78, 5) is 14.5. The number of benzene rings is 3. The number of ether oxygens (including phenoxy) is 1. The maximum atomic E-state index is 12.8. The van der Waals surface area contributed by atoms with Crippen molar-refractivity contribution in [3.8, 4) is 5.75 Å². The summed E-state index contributed by atoms with van der Waals surface area (Å²) >= 11 is 0. The monoisotopic (exact) mass is 359 g/mol. The maximum Gasteiger partial charge on any atom is 0.227 e. The molecule has 0 unspecified atom stereocenters. The molecule has 27 heavy (non-hydrogen) atoms. The normalized spacial score (nSPS) is 11.0. The van der Waals surface area contributed by atoms with Crippen molar-refractivity contribution in [2.24, 2.45) is 0 Å². The predicted molar refractivity (Wildman–Crippen MR) is 107 cm³/mol. The van der Waals surface area contributed by atoms with Crippen molar-refractivity contribution < 1.29 is 13.9 Å². The molecular weight excluding hydrogens is 338 g/mol. The third-order valence-corrected chi connectivity index (χ3v) is 4.86. The van der Waals surface area contributed by atoms with Crippen molar-refractivity contribution in [2.45, 2.75) is 13.0 Å². The highest BCUT2D eigenvalue weighted by Gasteiger charge is 2.16. The molecule has 0 bridgehead atoms. The van der Waals surface area contributed by atoms with E-state index in [0.717, 1.165) is 38.6 Å². The van der Waals surface area contributed by atoms with E-state index in [1.54, 1.807) is 18.3 Å². The second-order valence-corrected chi connectivity index (χ2v) is 6.70. The number of hydrogen-bond donors (Lipinski definition) is 0. The van der Waals surface area contributed by atoms with Crippen LogP contribution in [-0.4, -0.2) is 25.0 Å². The van der Waals surface area contributed by atoms with Gasteiger partial charge < -0.3 is 14.1 Å². The van der Waals surface area contributed by atoms with Crippen LogP contribution in [0.15, 0.2) is 71.3 Å². The minimum absolute atomic E-state index is 0.0495. The summed E-state index contributed by atoms with van der Waals surface area (Å²) in [5, 5.41) is 3.28. The fourth-order valence-corrected chi connectivity index (χ4v) is 3.44. The average Bonchev–Trinajstić information content (AvgIpc) is 3.11. The van der Waals surface area contributed by atoms with Gasteiger partial charge in [0.05, 0.1) is 19.8 Å². The SMILES string of the molecule is COc1cccc(CN(C)C(=O)Cc2coc3ccc4ccccc4c23)c1. The molecule has 0 spiro atoms. The topological polar surface area (TPSA) is 42.7 Å². The van der Waals surface area contributed by atoms with Crippen molar-refractivity contribution in [3.05, 3.63) is 78.1 Å². The maximum absolute atomic E-state index is 12.8. The fraction of sp³-hybridized carbons (Fsp3) is 0.174. The highest BCUT2D eigenvalue weighted by molar-refractivity contribution is 6.08. The Morgan fingerprint density at radius 2 is 1.93 bits per heavy atom. The first-order valence-corrected chi connectivity index (χ1v) is 8.90. The highest BCUT2D eigenvalue weighted by Crippen LogP contribution is 2.30. The average molecular weight is 359 g/mol. The lowest BCUT2D eigenvalue weighted by molar-refractivity contribution is -0.129. The zero-order chi connectivity index (χ0) is 18.8. The molecule has 4 heteroatoms. The van der Waals surface area contributed by atoms with Crippen LogP contribution < -0.4 is 4.74 Å². The number of hydrogen-bond acceptors (Lipinski definition) is 3. The molecule has 0 N–H and O–H groups in total. The summed E-state index contributed by atoms with van der Waals surface area (Å²) in [5.74, 6) is 0.842. The number of carbonyl (C=O) groups excluding carboxylic acids is 1. The van der Waals surface area contributed by atoms with E-state index in [0.29, 0.717) is 13.0 Å². The molecule has 4 nitrogen and oxygen atoms in total. The van der Waals surface area contributed by atoms with Crippen LogP contribution in [-0.2, 0) is 17.8 Å². The van der Waals surface area contributed by atoms with E-state index >= 15 is 0 Å². The Morgan fingerprint density at radius 3 is 2.78 bits per heavy atom. The van der Waals surface area contributed by atoms with Crippen LogP contribution in [0.5, 0.6) is 5.75 Å². The fourth-order valence-electron chi connectivity index (χ4n) is 3.44. The molecule has 3 aromatic carbocycles. The van der Waals surface area contributed by atoms with E-state index in [-0.39, 0.29) is 5.91 Å². The molecule has 0 aliphatic heterocycles. The molecule has 0 radical (unpaired) electrons. The van der Waals surface area contributed by atoms with Gasteiger partial charge in [0.1, 0.15) is 11.3 Å². The molecule has 4 aromatic rings. The van der Waals surface area contributed by atoms with E-state index in [9.17, 15) is 4.79 Å². The Morgan fingerprint density at radius 1 is 1.07 bits per heavy atom. The first-order chi connectivity index (χ1) is 13.2. The van der Waals surface area contributed by atoms with Gasteiger partial charge in [-0.3, -0.25) is 4.79 Å². The number of amides is 1. The van der Waals surface area contributed by atoms with Crippen molar-refractivity contribution in [3.63, 3.8) is 0 Å². The summed E-state index contributed by atoms with van der Waals surface area (Å²) < 4.78 is 11.0. The van der Waals surface area contributed by atoms with Gasteiger partial charge in [-0.05, 0) is 34.5 Å². The van der Waals surface area contributed by atoms with Gasteiger partial charge in [-0.25, -0.2) is 0 Å². The van der Waals surface area contributed by atoms with E-state index < -0.39 is 0 Å². The predicted octanol–water partition coefficient (Wildman–Crippen LogP) is 4.80. The molecule has 136 valence electrons. The Balaban J connectivity index is 1.58. The van der Waals surface area contributed by atoms with Gasteiger partial charge in [0.2, 0.25) is 5.91 Å². The molecule has 0 saturated carbocycles. The van der Waals surface area contributed by atoms with Gasteiger partial charge >= 0.3 is 0 Å². The van der Waals surface area contributed by atoms with Crippen molar-refractivity contribution in [1.82, 2.24) is 4.90 Å². The van der Waals surface area contributed by atoms with Gasteiger partial charge in [0, 0.05) is 24.5 Å². The largest absolute Gasteiger partial charge is 0.497 e. The van der Waals surface area contributed by atoms with Crippen LogP contribution >= 0.6 is 0 Å². The Bertz CT molecular complexity index is 1110. The Kier molecular flexibility index (Phi) is 4.55. The number of fused-ring (bicyclic) bond motifs is 3. The van der Waals surface area contributed by atoms with Crippen LogP contribution in [0.25, 0.3) is 21.7 Å². The summed E-state index contributed by atoms with van der Waals surface area (Å²) in [6, 6.07) is 19.9. The lowest BCUT2D eigenvalue weighted by Gasteiger charge is -2.17. The molecule has 4 rings (SSSR count). The summed E-state index contributed by atoms with van der Waals surface area (Å²) in [5.41, 5.74) is 2.77. The molecule has 0 aliphatic rings. The minimum atomic E-state index is 0.0495. The Labute approximate surface area is 158 Å².